The zero-order valence-corrected chi connectivity index (χ0v) is 11.0. The van der Waals surface area contributed by atoms with Crippen LogP contribution in [0.15, 0.2) is 41.5 Å². The quantitative estimate of drug-likeness (QED) is 0.911. The SMILES string of the molecule is CC(=O)NCCn1cnc(-c2ccc(F)cc2)cc1=O. The Morgan fingerprint density at radius 1 is 1.35 bits per heavy atom. The number of aromatic nitrogens is 2. The first-order chi connectivity index (χ1) is 9.56. The molecule has 1 heterocycles. The normalized spacial score (nSPS) is 10.3. The van der Waals surface area contributed by atoms with Crippen LogP contribution in [-0.2, 0) is 11.3 Å². The molecular weight excluding hydrogens is 261 g/mol. The van der Waals surface area contributed by atoms with Gasteiger partial charge in [-0.3, -0.25) is 14.2 Å². The first-order valence-corrected chi connectivity index (χ1v) is 6.13. The number of nitrogens with one attached hydrogen (secondary N) is 1. The van der Waals surface area contributed by atoms with Crippen molar-refractivity contribution in [3.8, 4) is 11.3 Å². The smallest absolute Gasteiger partial charge is 0.253 e. The Balaban J connectivity index is 2.15. The maximum Gasteiger partial charge on any atom is 0.253 e. The number of rotatable bonds is 4. The van der Waals surface area contributed by atoms with Crippen molar-refractivity contribution in [2.24, 2.45) is 0 Å². The first-order valence-electron chi connectivity index (χ1n) is 6.13. The largest absolute Gasteiger partial charge is 0.355 e. The topological polar surface area (TPSA) is 64.0 Å². The molecule has 20 heavy (non-hydrogen) atoms. The van der Waals surface area contributed by atoms with Gasteiger partial charge in [-0.05, 0) is 24.3 Å². The van der Waals surface area contributed by atoms with Gasteiger partial charge in [0.1, 0.15) is 5.82 Å². The molecular formula is C14H14FN3O2. The molecule has 1 amide bonds. The minimum absolute atomic E-state index is 0.144. The van der Waals surface area contributed by atoms with Crippen LogP contribution in [0.5, 0.6) is 0 Å². The zero-order valence-electron chi connectivity index (χ0n) is 11.0. The van der Waals surface area contributed by atoms with E-state index in [0.717, 1.165) is 0 Å². The van der Waals surface area contributed by atoms with Crippen molar-refractivity contribution in [3.63, 3.8) is 0 Å². The van der Waals surface area contributed by atoms with Crippen LogP contribution >= 0.6 is 0 Å². The van der Waals surface area contributed by atoms with Gasteiger partial charge in [0.05, 0.1) is 12.0 Å². The van der Waals surface area contributed by atoms with E-state index < -0.39 is 0 Å². The second-order valence-electron chi connectivity index (χ2n) is 4.30. The van der Waals surface area contributed by atoms with E-state index in [2.05, 4.69) is 10.3 Å². The van der Waals surface area contributed by atoms with Gasteiger partial charge in [-0.15, -0.1) is 0 Å². The third-order valence-corrected chi connectivity index (χ3v) is 2.75. The fourth-order valence-corrected chi connectivity index (χ4v) is 1.72. The molecule has 0 fully saturated rings. The lowest BCUT2D eigenvalue weighted by atomic mass is 10.1. The van der Waals surface area contributed by atoms with E-state index in [0.29, 0.717) is 24.3 Å². The van der Waals surface area contributed by atoms with Gasteiger partial charge in [-0.2, -0.15) is 0 Å². The lowest BCUT2D eigenvalue weighted by Crippen LogP contribution is -2.29. The van der Waals surface area contributed by atoms with Gasteiger partial charge < -0.3 is 5.32 Å². The van der Waals surface area contributed by atoms with Gasteiger partial charge in [0.25, 0.3) is 5.56 Å². The molecule has 1 aromatic heterocycles. The summed E-state index contributed by atoms with van der Waals surface area (Å²) in [6.07, 6.45) is 1.42. The Bertz CT molecular complexity index is 665. The van der Waals surface area contributed by atoms with Crippen LogP contribution in [0.1, 0.15) is 6.92 Å². The average Bonchev–Trinajstić information content (AvgIpc) is 2.41. The van der Waals surface area contributed by atoms with E-state index in [4.69, 9.17) is 0 Å². The molecule has 6 heteroatoms. The molecule has 2 rings (SSSR count). The summed E-state index contributed by atoms with van der Waals surface area (Å²) in [6, 6.07) is 7.16. The number of hydrogen-bond donors (Lipinski definition) is 1. The fourth-order valence-electron chi connectivity index (χ4n) is 1.72. The van der Waals surface area contributed by atoms with Crippen LogP contribution in [0.4, 0.5) is 4.39 Å². The maximum absolute atomic E-state index is 12.8. The molecule has 0 atom stereocenters. The highest BCUT2D eigenvalue weighted by molar-refractivity contribution is 5.72. The number of amides is 1. The maximum atomic E-state index is 12.8. The van der Waals surface area contributed by atoms with Gasteiger partial charge in [0, 0.05) is 31.6 Å². The Hall–Kier alpha value is -2.50. The molecule has 104 valence electrons. The first kappa shape index (κ1) is 13.9. The van der Waals surface area contributed by atoms with Crippen LogP contribution in [0.25, 0.3) is 11.3 Å². The molecule has 0 unspecified atom stereocenters. The number of benzene rings is 1. The molecule has 0 aliphatic carbocycles. The summed E-state index contributed by atoms with van der Waals surface area (Å²) in [5.41, 5.74) is 0.952. The molecule has 0 saturated heterocycles. The van der Waals surface area contributed by atoms with Crippen molar-refractivity contribution < 1.29 is 9.18 Å². The third-order valence-electron chi connectivity index (χ3n) is 2.75. The van der Waals surface area contributed by atoms with Crippen molar-refractivity contribution in [2.75, 3.05) is 6.54 Å². The van der Waals surface area contributed by atoms with E-state index in [1.165, 1.54) is 36.0 Å². The van der Waals surface area contributed by atoms with E-state index >= 15 is 0 Å². The molecule has 2 aromatic rings. The minimum atomic E-state index is -0.336. The van der Waals surface area contributed by atoms with Crippen molar-refractivity contribution in [1.29, 1.82) is 0 Å². The molecule has 1 N–H and O–H groups in total. The van der Waals surface area contributed by atoms with Gasteiger partial charge >= 0.3 is 0 Å². The summed E-state index contributed by atoms with van der Waals surface area (Å²) < 4.78 is 14.2. The molecule has 0 saturated carbocycles. The van der Waals surface area contributed by atoms with Crippen molar-refractivity contribution >= 4 is 5.91 Å². The Morgan fingerprint density at radius 3 is 2.65 bits per heavy atom. The molecule has 0 radical (unpaired) electrons. The zero-order chi connectivity index (χ0) is 14.5. The second kappa shape index (κ2) is 6.10. The Kier molecular flexibility index (Phi) is 4.24. The van der Waals surface area contributed by atoms with Gasteiger partial charge in [0.15, 0.2) is 0 Å². The highest BCUT2D eigenvalue weighted by atomic mass is 19.1. The molecule has 5 nitrogen and oxygen atoms in total. The van der Waals surface area contributed by atoms with Crippen molar-refractivity contribution in [3.05, 3.63) is 52.8 Å². The predicted molar refractivity (Wildman–Crippen MR) is 72.6 cm³/mol. The summed E-state index contributed by atoms with van der Waals surface area (Å²) >= 11 is 0. The molecule has 0 aliphatic heterocycles. The Morgan fingerprint density at radius 2 is 2.05 bits per heavy atom. The van der Waals surface area contributed by atoms with E-state index in [1.54, 1.807) is 12.1 Å². The van der Waals surface area contributed by atoms with E-state index in [-0.39, 0.29) is 17.3 Å². The fraction of sp³-hybridized carbons (Fsp3) is 0.214. The number of nitrogens with zero attached hydrogens (tertiary/aromatic N) is 2. The lowest BCUT2D eigenvalue weighted by molar-refractivity contribution is -0.118. The van der Waals surface area contributed by atoms with Crippen LogP contribution in [0.3, 0.4) is 0 Å². The number of carbonyl (C=O) groups is 1. The summed E-state index contributed by atoms with van der Waals surface area (Å²) in [5.74, 6) is -0.480. The van der Waals surface area contributed by atoms with Crippen LogP contribution in [-0.4, -0.2) is 22.0 Å². The third kappa shape index (κ3) is 3.50. The lowest BCUT2D eigenvalue weighted by Gasteiger charge is -2.07. The summed E-state index contributed by atoms with van der Waals surface area (Å²) in [7, 11) is 0. The summed E-state index contributed by atoms with van der Waals surface area (Å²) in [6.45, 7) is 2.14. The predicted octanol–water partition coefficient (Wildman–Crippen LogP) is 1.19. The monoisotopic (exact) mass is 275 g/mol. The number of hydrogen-bond acceptors (Lipinski definition) is 3. The van der Waals surface area contributed by atoms with Gasteiger partial charge in [-0.1, -0.05) is 0 Å². The molecule has 0 bridgehead atoms. The summed E-state index contributed by atoms with van der Waals surface area (Å²) in [4.78, 5) is 26.8. The number of halogens is 1. The minimum Gasteiger partial charge on any atom is -0.355 e. The molecule has 0 aliphatic rings. The molecule has 1 aromatic carbocycles. The second-order valence-corrected chi connectivity index (χ2v) is 4.30. The van der Waals surface area contributed by atoms with Crippen LogP contribution in [0, 0.1) is 5.82 Å². The highest BCUT2D eigenvalue weighted by Crippen LogP contribution is 2.14. The van der Waals surface area contributed by atoms with Crippen molar-refractivity contribution in [1.82, 2.24) is 14.9 Å². The molecule has 0 spiro atoms. The summed E-state index contributed by atoms with van der Waals surface area (Å²) in [5, 5.41) is 2.61. The average molecular weight is 275 g/mol. The standard InChI is InChI=1S/C14H14FN3O2/c1-10(19)16-6-7-18-9-17-13(8-14(18)20)11-2-4-12(15)5-3-11/h2-5,8-9H,6-7H2,1H3,(H,16,19). The van der Waals surface area contributed by atoms with Crippen LogP contribution in [0.2, 0.25) is 0 Å². The van der Waals surface area contributed by atoms with Crippen LogP contribution < -0.4 is 10.9 Å². The Labute approximate surface area is 115 Å². The number of carbonyl (C=O) groups excluding carboxylic acids is 1. The van der Waals surface area contributed by atoms with E-state index in [1.807, 2.05) is 0 Å². The highest BCUT2D eigenvalue weighted by Gasteiger charge is 2.03. The van der Waals surface area contributed by atoms with Gasteiger partial charge in [0.2, 0.25) is 5.91 Å². The van der Waals surface area contributed by atoms with E-state index in [9.17, 15) is 14.0 Å². The van der Waals surface area contributed by atoms with Crippen molar-refractivity contribution in [2.45, 2.75) is 13.5 Å². The van der Waals surface area contributed by atoms with Gasteiger partial charge in [-0.25, -0.2) is 9.37 Å².